The Morgan fingerprint density at radius 1 is 1.20 bits per heavy atom. The maximum atomic E-state index is 13.7. The Hall–Kier alpha value is -1.38. The van der Waals surface area contributed by atoms with Crippen LogP contribution in [0.4, 0.5) is 4.39 Å². The number of nitrogens with one attached hydrogen (secondary N) is 1. The van der Waals surface area contributed by atoms with Gasteiger partial charge in [0.25, 0.3) is 0 Å². The molecule has 3 rings (SSSR count). The summed E-state index contributed by atoms with van der Waals surface area (Å²) in [5.74, 6) is -0.203. The minimum atomic E-state index is -0.203. The molecule has 2 aromatic carbocycles. The number of rotatable bonds is 3. The van der Waals surface area contributed by atoms with Gasteiger partial charge in [-0.05, 0) is 48.6 Å². The highest BCUT2D eigenvalue weighted by Gasteiger charge is 2.19. The molecule has 0 aromatic heterocycles. The van der Waals surface area contributed by atoms with Crippen molar-refractivity contribution in [2.24, 2.45) is 0 Å². The maximum Gasteiger partial charge on any atom is 0.127 e. The lowest BCUT2D eigenvalue weighted by Gasteiger charge is -2.26. The molecule has 0 bridgehead atoms. The average molecular weight is 290 g/mol. The number of benzene rings is 2. The summed E-state index contributed by atoms with van der Waals surface area (Å²) in [7, 11) is 0. The van der Waals surface area contributed by atoms with Crippen LogP contribution in [0.15, 0.2) is 42.5 Å². The zero-order valence-corrected chi connectivity index (χ0v) is 12.0. The Labute approximate surface area is 123 Å². The molecule has 2 aromatic rings. The van der Waals surface area contributed by atoms with Crippen LogP contribution in [0.2, 0.25) is 5.02 Å². The fourth-order valence-corrected chi connectivity index (χ4v) is 3.07. The lowest BCUT2D eigenvalue weighted by molar-refractivity contribution is 0.452. The van der Waals surface area contributed by atoms with Crippen molar-refractivity contribution in [2.45, 2.75) is 31.8 Å². The third-order valence-electron chi connectivity index (χ3n) is 3.92. The second kappa shape index (κ2) is 5.94. The van der Waals surface area contributed by atoms with Crippen molar-refractivity contribution in [3.05, 3.63) is 70.0 Å². The summed E-state index contributed by atoms with van der Waals surface area (Å²) in [5, 5.41) is 4.04. The smallest absolute Gasteiger partial charge is 0.127 e. The minimum absolute atomic E-state index is 0.203. The molecule has 1 aliphatic carbocycles. The second-order valence-corrected chi connectivity index (χ2v) is 5.70. The van der Waals surface area contributed by atoms with E-state index in [0.29, 0.717) is 23.2 Å². The van der Waals surface area contributed by atoms with E-state index in [-0.39, 0.29) is 5.82 Å². The minimum Gasteiger partial charge on any atom is -0.306 e. The molecule has 0 amide bonds. The van der Waals surface area contributed by atoms with Gasteiger partial charge in [-0.2, -0.15) is 0 Å². The van der Waals surface area contributed by atoms with E-state index in [1.165, 1.54) is 23.6 Å². The van der Waals surface area contributed by atoms with Crippen LogP contribution in [0.25, 0.3) is 0 Å². The molecule has 0 heterocycles. The van der Waals surface area contributed by atoms with Crippen LogP contribution in [0.1, 0.15) is 35.6 Å². The summed E-state index contributed by atoms with van der Waals surface area (Å²) >= 11 is 5.92. The van der Waals surface area contributed by atoms with Gasteiger partial charge in [0.2, 0.25) is 0 Å². The largest absolute Gasteiger partial charge is 0.306 e. The highest BCUT2D eigenvalue weighted by molar-refractivity contribution is 6.30. The van der Waals surface area contributed by atoms with Crippen LogP contribution < -0.4 is 5.32 Å². The van der Waals surface area contributed by atoms with Crippen LogP contribution in [-0.2, 0) is 13.0 Å². The first kappa shape index (κ1) is 13.6. The zero-order valence-electron chi connectivity index (χ0n) is 11.2. The standard InChI is InChI=1S/C17H17ClFN/c18-14-8-9-16(19)13(10-14)11-20-17-7-3-5-12-4-1-2-6-15(12)17/h1-2,4,6,8-10,17,20H,3,5,7,11H2. The molecular formula is C17H17ClFN. The molecule has 104 valence electrons. The van der Waals surface area contributed by atoms with Crippen molar-refractivity contribution in [1.82, 2.24) is 5.32 Å². The molecule has 0 saturated heterocycles. The predicted octanol–water partition coefficient (Wildman–Crippen LogP) is 4.65. The van der Waals surface area contributed by atoms with Crippen molar-refractivity contribution in [3.8, 4) is 0 Å². The Balaban J connectivity index is 1.75. The monoisotopic (exact) mass is 289 g/mol. The first-order valence-corrected chi connectivity index (χ1v) is 7.37. The topological polar surface area (TPSA) is 12.0 Å². The van der Waals surface area contributed by atoms with Gasteiger partial charge in [0.15, 0.2) is 0 Å². The van der Waals surface area contributed by atoms with E-state index in [1.54, 1.807) is 12.1 Å². The SMILES string of the molecule is Fc1ccc(Cl)cc1CNC1CCCc2ccccc21. The quantitative estimate of drug-likeness (QED) is 0.867. The van der Waals surface area contributed by atoms with E-state index in [4.69, 9.17) is 11.6 Å². The third kappa shape index (κ3) is 2.87. The number of hydrogen-bond donors (Lipinski definition) is 1. The molecule has 0 radical (unpaired) electrons. The molecule has 20 heavy (non-hydrogen) atoms. The molecule has 0 saturated carbocycles. The number of hydrogen-bond acceptors (Lipinski definition) is 1. The van der Waals surface area contributed by atoms with Crippen molar-refractivity contribution >= 4 is 11.6 Å². The summed E-state index contributed by atoms with van der Waals surface area (Å²) in [6.45, 7) is 0.505. The van der Waals surface area contributed by atoms with Crippen LogP contribution in [-0.4, -0.2) is 0 Å². The van der Waals surface area contributed by atoms with Gasteiger partial charge in [0.1, 0.15) is 5.82 Å². The van der Waals surface area contributed by atoms with E-state index in [0.717, 1.165) is 12.8 Å². The molecular weight excluding hydrogens is 273 g/mol. The highest BCUT2D eigenvalue weighted by atomic mass is 35.5. The zero-order chi connectivity index (χ0) is 13.9. The van der Waals surface area contributed by atoms with E-state index in [9.17, 15) is 4.39 Å². The first-order chi connectivity index (χ1) is 9.74. The van der Waals surface area contributed by atoms with Gasteiger partial charge in [0.05, 0.1) is 0 Å². The molecule has 0 aliphatic heterocycles. The molecule has 0 fully saturated rings. The van der Waals surface area contributed by atoms with Crippen LogP contribution in [0, 0.1) is 5.82 Å². The average Bonchev–Trinajstić information content (AvgIpc) is 2.48. The molecule has 0 spiro atoms. The summed E-state index contributed by atoms with van der Waals surface area (Å²) in [6.07, 6.45) is 3.41. The van der Waals surface area contributed by atoms with Crippen molar-refractivity contribution in [1.29, 1.82) is 0 Å². The summed E-state index contributed by atoms with van der Waals surface area (Å²) in [6, 6.07) is 13.5. The predicted molar refractivity (Wildman–Crippen MR) is 80.4 cm³/mol. The summed E-state index contributed by atoms with van der Waals surface area (Å²) in [5.41, 5.74) is 3.38. The number of fused-ring (bicyclic) bond motifs is 1. The van der Waals surface area contributed by atoms with Gasteiger partial charge in [-0.1, -0.05) is 35.9 Å². The van der Waals surface area contributed by atoms with Gasteiger partial charge in [-0.3, -0.25) is 0 Å². The molecule has 1 N–H and O–H groups in total. The number of aryl methyl sites for hydroxylation is 1. The Kier molecular flexibility index (Phi) is 4.04. The highest BCUT2D eigenvalue weighted by Crippen LogP contribution is 2.29. The van der Waals surface area contributed by atoms with Gasteiger partial charge in [-0.25, -0.2) is 4.39 Å². The summed E-state index contributed by atoms with van der Waals surface area (Å²) < 4.78 is 13.7. The molecule has 1 aliphatic rings. The first-order valence-electron chi connectivity index (χ1n) is 6.99. The van der Waals surface area contributed by atoms with Gasteiger partial charge >= 0.3 is 0 Å². The molecule has 3 heteroatoms. The molecule has 1 nitrogen and oxygen atoms in total. The van der Waals surface area contributed by atoms with Crippen LogP contribution in [0.5, 0.6) is 0 Å². The van der Waals surface area contributed by atoms with Gasteiger partial charge < -0.3 is 5.32 Å². The third-order valence-corrected chi connectivity index (χ3v) is 4.15. The van der Waals surface area contributed by atoms with Gasteiger partial charge in [0, 0.05) is 23.2 Å². The van der Waals surface area contributed by atoms with Crippen LogP contribution >= 0.6 is 11.6 Å². The maximum absolute atomic E-state index is 13.7. The fraction of sp³-hybridized carbons (Fsp3) is 0.294. The van der Waals surface area contributed by atoms with E-state index < -0.39 is 0 Å². The second-order valence-electron chi connectivity index (χ2n) is 5.26. The molecule has 1 unspecified atom stereocenters. The lowest BCUT2D eigenvalue weighted by atomic mass is 9.87. The van der Waals surface area contributed by atoms with Crippen molar-refractivity contribution < 1.29 is 4.39 Å². The van der Waals surface area contributed by atoms with Crippen molar-refractivity contribution in [2.75, 3.05) is 0 Å². The Morgan fingerprint density at radius 2 is 2.05 bits per heavy atom. The van der Waals surface area contributed by atoms with E-state index in [2.05, 4.69) is 29.6 Å². The van der Waals surface area contributed by atoms with E-state index in [1.807, 2.05) is 0 Å². The lowest BCUT2D eigenvalue weighted by Crippen LogP contribution is -2.25. The Morgan fingerprint density at radius 3 is 2.95 bits per heavy atom. The Bertz CT molecular complexity index is 612. The normalized spacial score (nSPS) is 17.8. The van der Waals surface area contributed by atoms with Crippen LogP contribution in [0.3, 0.4) is 0 Å². The van der Waals surface area contributed by atoms with E-state index >= 15 is 0 Å². The number of halogens is 2. The van der Waals surface area contributed by atoms with Gasteiger partial charge in [-0.15, -0.1) is 0 Å². The fourth-order valence-electron chi connectivity index (χ4n) is 2.88. The summed E-state index contributed by atoms with van der Waals surface area (Å²) in [4.78, 5) is 0. The molecule has 1 atom stereocenters. The van der Waals surface area contributed by atoms with Crippen molar-refractivity contribution in [3.63, 3.8) is 0 Å².